The standard InChI is InChI=1S/3C44H28N4/c1-3-10-32(11-4-1)47(44-45-26-9-27-46-44)34-21-16-29(17-22-34)35-23-18-30-19-25-38-42-31(20-24-36(35)41(30)42)28-40-43(38)37-14-7-8-15-39(37)48(40)33-12-5-2-6-13-33;1-2-10-32(11-3-1)47-38-13-5-4-12-36(38)44-37-25-19-30-18-23-34(35-24-20-31(28-39(44)47)43(37)42(30)35)29-16-21-33(22-17-29)48(40-14-6-8-26-45-40)41-15-7-9-27-46-41;1-2-6-32(7-3-1)48-40-9-5-4-8-38(40)44-39-19-13-30-12-17-36(37-18-14-31(28-41(44)48)43(39)42(30)37)29-10-15-33(16-11-29)47(34-20-24-45-25-21-34)35-22-26-46-27-23-35/h3*1-28H. The Morgan fingerprint density at radius 2 is 0.438 bits per heavy atom. The summed E-state index contributed by atoms with van der Waals surface area (Å²) in [5.41, 5.74) is 24.3. The summed E-state index contributed by atoms with van der Waals surface area (Å²) in [4.78, 5) is 33.3. The zero-order valence-corrected chi connectivity index (χ0v) is 77.9. The summed E-state index contributed by atoms with van der Waals surface area (Å²) in [7, 11) is 0. The summed E-state index contributed by atoms with van der Waals surface area (Å²) in [6.07, 6.45) is 14.5. The van der Waals surface area contributed by atoms with Crippen LogP contribution >= 0.6 is 0 Å². The first-order valence-corrected chi connectivity index (χ1v) is 48.7. The van der Waals surface area contributed by atoms with Crippen molar-refractivity contribution < 1.29 is 0 Å². The maximum absolute atomic E-state index is 4.64. The second kappa shape index (κ2) is 34.3. The average molecular weight is 1840 g/mol. The molecule has 144 heavy (non-hydrogen) atoms. The molecule has 0 unspecified atom stereocenters. The molecule has 672 valence electrons. The minimum atomic E-state index is 0.638. The molecule has 8 heterocycles. The number of rotatable bonds is 15. The van der Waals surface area contributed by atoms with Gasteiger partial charge in [0, 0.05) is 133 Å². The lowest BCUT2D eigenvalue weighted by atomic mass is 9.88. The van der Waals surface area contributed by atoms with Crippen LogP contribution in [0.4, 0.5) is 51.7 Å². The van der Waals surface area contributed by atoms with Crippen LogP contribution in [-0.2, 0) is 0 Å². The molecule has 0 aliphatic rings. The number of para-hydroxylation sites is 7. The van der Waals surface area contributed by atoms with Crippen LogP contribution in [0.15, 0.2) is 511 Å². The average Bonchev–Trinajstić information content (AvgIpc) is 1.61. The van der Waals surface area contributed by atoms with Crippen LogP contribution in [0.25, 0.3) is 213 Å². The van der Waals surface area contributed by atoms with E-state index in [2.05, 4.69) is 434 Å². The van der Waals surface area contributed by atoms with Crippen molar-refractivity contribution in [2.45, 2.75) is 0 Å². The highest BCUT2D eigenvalue weighted by atomic mass is 15.3. The quantitative estimate of drug-likeness (QED) is 0.0929. The summed E-state index contributed by atoms with van der Waals surface area (Å²) >= 11 is 0. The van der Waals surface area contributed by atoms with Crippen molar-refractivity contribution in [2.75, 3.05) is 14.7 Å². The third-order valence-electron chi connectivity index (χ3n) is 29.0. The zero-order valence-electron chi connectivity index (χ0n) is 77.9. The minimum Gasteiger partial charge on any atom is -0.310 e. The molecule has 0 atom stereocenters. The van der Waals surface area contributed by atoms with Crippen LogP contribution in [0.2, 0.25) is 0 Å². The van der Waals surface area contributed by atoms with Gasteiger partial charge in [-0.1, -0.05) is 285 Å². The Bertz CT molecular complexity index is 9060. The molecule has 0 bridgehead atoms. The van der Waals surface area contributed by atoms with Crippen LogP contribution in [0.1, 0.15) is 0 Å². The predicted octanol–water partition coefficient (Wildman–Crippen LogP) is 34.8. The van der Waals surface area contributed by atoms with Gasteiger partial charge in [0.2, 0.25) is 5.95 Å². The second-order valence-corrected chi connectivity index (χ2v) is 36.8. The van der Waals surface area contributed by atoms with Crippen LogP contribution < -0.4 is 14.7 Å². The Morgan fingerprint density at radius 3 is 0.792 bits per heavy atom. The van der Waals surface area contributed by atoms with E-state index in [4.69, 9.17) is 0 Å². The van der Waals surface area contributed by atoms with Crippen LogP contribution in [0.3, 0.4) is 0 Å². The molecule has 0 aliphatic heterocycles. The van der Waals surface area contributed by atoms with E-state index in [1.807, 2.05) is 122 Å². The highest BCUT2D eigenvalue weighted by Gasteiger charge is 2.27. The Hall–Kier alpha value is -19.6. The van der Waals surface area contributed by atoms with Gasteiger partial charge in [0.25, 0.3) is 0 Å². The number of hydrogen-bond donors (Lipinski definition) is 0. The molecular weight excluding hydrogens is 1750 g/mol. The van der Waals surface area contributed by atoms with Crippen LogP contribution in [0, 0.1) is 0 Å². The lowest BCUT2D eigenvalue weighted by Gasteiger charge is -2.25. The van der Waals surface area contributed by atoms with E-state index in [9.17, 15) is 0 Å². The lowest BCUT2D eigenvalue weighted by Crippen LogP contribution is -2.12. The van der Waals surface area contributed by atoms with Crippen LogP contribution in [0.5, 0.6) is 0 Å². The molecule has 0 N–H and O–H groups in total. The lowest BCUT2D eigenvalue weighted by molar-refractivity contribution is 1.08. The van der Waals surface area contributed by atoms with Gasteiger partial charge in [0.05, 0.1) is 33.1 Å². The molecule has 30 rings (SSSR count). The third-order valence-corrected chi connectivity index (χ3v) is 29.0. The van der Waals surface area contributed by atoms with Crippen molar-refractivity contribution in [2.24, 2.45) is 0 Å². The third kappa shape index (κ3) is 13.6. The Balaban J connectivity index is 0.000000105. The van der Waals surface area contributed by atoms with E-state index in [1.54, 1.807) is 12.4 Å². The zero-order chi connectivity index (χ0) is 94.8. The molecule has 8 aromatic heterocycles. The van der Waals surface area contributed by atoms with E-state index in [0.29, 0.717) is 5.95 Å². The van der Waals surface area contributed by atoms with E-state index in [0.717, 1.165) is 45.8 Å². The Kier molecular flexibility index (Phi) is 19.7. The molecule has 22 aromatic carbocycles. The number of aromatic nitrogens is 9. The number of anilines is 9. The molecule has 30 aromatic rings. The van der Waals surface area contributed by atoms with Gasteiger partial charge >= 0.3 is 0 Å². The van der Waals surface area contributed by atoms with Gasteiger partial charge in [0.1, 0.15) is 11.6 Å². The first-order valence-electron chi connectivity index (χ1n) is 48.7. The summed E-state index contributed by atoms with van der Waals surface area (Å²) < 4.78 is 7.23. The topological polar surface area (TPSA) is 102 Å². The summed E-state index contributed by atoms with van der Waals surface area (Å²) in [5, 5.41) is 30.9. The molecular formula is C132H84N12. The molecule has 0 fully saturated rings. The summed E-state index contributed by atoms with van der Waals surface area (Å²) in [5.74, 6) is 2.29. The van der Waals surface area contributed by atoms with Crippen molar-refractivity contribution >= 4 is 214 Å². The number of hydrogen-bond acceptors (Lipinski definition) is 9. The normalized spacial score (nSPS) is 11.8. The van der Waals surface area contributed by atoms with Gasteiger partial charge in [-0.3, -0.25) is 19.8 Å². The predicted molar refractivity (Wildman–Crippen MR) is 601 cm³/mol. The van der Waals surface area contributed by atoms with E-state index in [1.165, 1.54) is 213 Å². The van der Waals surface area contributed by atoms with Crippen molar-refractivity contribution in [1.29, 1.82) is 0 Å². The number of nitrogens with zero attached hydrogens (tertiary/aromatic N) is 12. The van der Waals surface area contributed by atoms with E-state index >= 15 is 0 Å². The molecule has 12 nitrogen and oxygen atoms in total. The number of fused-ring (bicyclic) bond motifs is 12. The highest BCUT2D eigenvalue weighted by Crippen LogP contribution is 2.52. The van der Waals surface area contributed by atoms with Gasteiger partial charge in [-0.05, 0) is 306 Å². The minimum absolute atomic E-state index is 0.638. The number of benzene rings is 22. The molecule has 0 saturated heterocycles. The molecule has 12 heteroatoms. The summed E-state index contributed by atoms with van der Waals surface area (Å²) in [6.45, 7) is 0. The molecule has 0 saturated carbocycles. The highest BCUT2D eigenvalue weighted by molar-refractivity contribution is 6.38. The van der Waals surface area contributed by atoms with Gasteiger partial charge in [-0.25, -0.2) is 19.9 Å². The molecule has 0 aliphatic carbocycles. The van der Waals surface area contributed by atoms with E-state index < -0.39 is 0 Å². The summed E-state index contributed by atoms with van der Waals surface area (Å²) in [6, 6.07) is 166. The number of pyridine rings is 4. The fourth-order valence-electron chi connectivity index (χ4n) is 22.8. The Morgan fingerprint density at radius 1 is 0.160 bits per heavy atom. The maximum atomic E-state index is 4.64. The molecule has 0 spiro atoms. The van der Waals surface area contributed by atoms with E-state index in [-0.39, 0.29) is 0 Å². The van der Waals surface area contributed by atoms with Gasteiger partial charge in [0.15, 0.2) is 0 Å². The van der Waals surface area contributed by atoms with Gasteiger partial charge < -0.3 is 18.6 Å². The maximum Gasteiger partial charge on any atom is 0.234 e. The SMILES string of the molecule is c1ccc(-n2c3ccccc3c3c4ccc5ccc(-c6ccc(N(c7ccccn7)c7ccccn7)cc6)c6ccc(cc32)c4c56)cc1.c1ccc(-n2c3ccccc3c3c4ccc5ccc(-c6ccc(N(c7ccncc7)c7ccncc7)cc6)c6ccc(cc32)c4c56)cc1.c1ccc(N(c2ccc(-c3ccc4ccc5c6c(ccc3c46)cc3c5c4ccccc4n3-c3ccccc3)cc2)c2ncccn2)cc1. The van der Waals surface area contributed by atoms with Crippen molar-refractivity contribution in [1.82, 2.24) is 43.6 Å². The van der Waals surface area contributed by atoms with Crippen molar-refractivity contribution in [3.8, 4) is 50.4 Å². The first kappa shape index (κ1) is 82.7. The fraction of sp³-hybridized carbons (Fsp3) is 0. The monoisotopic (exact) mass is 1840 g/mol. The van der Waals surface area contributed by atoms with Crippen molar-refractivity contribution in [3.63, 3.8) is 0 Å². The van der Waals surface area contributed by atoms with Crippen molar-refractivity contribution in [3.05, 3.63) is 511 Å². The first-order chi connectivity index (χ1) is 71.5. The largest absolute Gasteiger partial charge is 0.310 e. The Labute approximate surface area is 827 Å². The molecule has 0 radical (unpaired) electrons. The fourth-order valence-corrected chi connectivity index (χ4v) is 22.8. The van der Waals surface area contributed by atoms with Gasteiger partial charge in [-0.2, -0.15) is 0 Å². The molecule has 0 amide bonds. The van der Waals surface area contributed by atoms with Gasteiger partial charge in [-0.15, -0.1) is 0 Å². The van der Waals surface area contributed by atoms with Crippen LogP contribution in [-0.4, -0.2) is 43.6 Å². The smallest absolute Gasteiger partial charge is 0.234 e. The second-order valence-electron chi connectivity index (χ2n) is 36.8.